The number of halogens is 5. The Balaban J connectivity index is 0.00000450. The molecule has 0 spiro atoms. The second kappa shape index (κ2) is 12.5. The fourth-order valence-electron chi connectivity index (χ4n) is 2.92. The Morgan fingerprint density at radius 3 is 2.45 bits per heavy atom. The van der Waals surface area contributed by atoms with Crippen LogP contribution in [-0.4, -0.2) is 35.7 Å². The molecule has 5 nitrogen and oxygen atoms in total. The van der Waals surface area contributed by atoms with Crippen LogP contribution < -0.4 is 11.1 Å². The summed E-state index contributed by atoms with van der Waals surface area (Å²) in [6.45, 7) is 5.66. The molecule has 1 aromatic heterocycles. The van der Waals surface area contributed by atoms with E-state index in [4.69, 9.17) is 22.1 Å². The molecule has 0 aliphatic carbocycles. The van der Waals surface area contributed by atoms with Crippen molar-refractivity contribution in [3.05, 3.63) is 63.9 Å². The summed E-state index contributed by atoms with van der Waals surface area (Å²) in [5.74, 6) is -1.80. The van der Waals surface area contributed by atoms with Crippen molar-refractivity contribution >= 4 is 42.3 Å². The summed E-state index contributed by atoms with van der Waals surface area (Å²) in [5.41, 5.74) is 6.97. The van der Waals surface area contributed by atoms with Gasteiger partial charge in [-0.15, -0.1) is 24.8 Å². The summed E-state index contributed by atoms with van der Waals surface area (Å²) < 4.78 is 32.9. The van der Waals surface area contributed by atoms with E-state index in [0.29, 0.717) is 11.3 Å². The first-order chi connectivity index (χ1) is 13.5. The van der Waals surface area contributed by atoms with Crippen LogP contribution in [0.4, 0.5) is 8.78 Å². The second-order valence-electron chi connectivity index (χ2n) is 7.91. The molecule has 1 amide bonds. The maximum Gasteiger partial charge on any atom is 0.253 e. The number of nitrogens with two attached hydrogens (primary N) is 1. The van der Waals surface area contributed by atoms with Gasteiger partial charge in [-0.25, -0.2) is 8.78 Å². The normalized spacial score (nSPS) is 12.9. The number of rotatable bonds is 7. The zero-order valence-corrected chi connectivity index (χ0v) is 20.1. The third-order valence-electron chi connectivity index (χ3n) is 4.34. The van der Waals surface area contributed by atoms with Crippen LogP contribution in [0.1, 0.15) is 42.4 Å². The van der Waals surface area contributed by atoms with Crippen molar-refractivity contribution < 1.29 is 18.3 Å². The standard InChI is InChI=1S/C21H26ClF2N3O2.2ClH/c1-21(2,3)27-20(28)13-6-5-7-26-18(13)11-19(29-4)17(25)9-12-8-14(22)16(24)10-15(12)23;;/h5-8,10,17,19H,9,11,25H2,1-4H3,(H,27,28);2*1H/t17-,19+;;/m1../s1. The Labute approximate surface area is 198 Å². The zero-order valence-electron chi connectivity index (χ0n) is 17.7. The van der Waals surface area contributed by atoms with E-state index in [2.05, 4.69) is 10.3 Å². The van der Waals surface area contributed by atoms with Gasteiger partial charge in [-0.1, -0.05) is 11.6 Å². The topological polar surface area (TPSA) is 77.2 Å². The number of hydrogen-bond acceptors (Lipinski definition) is 4. The number of benzene rings is 1. The van der Waals surface area contributed by atoms with E-state index in [1.807, 2.05) is 20.8 Å². The first-order valence-electron chi connectivity index (χ1n) is 9.20. The van der Waals surface area contributed by atoms with E-state index in [1.165, 1.54) is 13.2 Å². The molecule has 0 bridgehead atoms. The number of amides is 1. The molecule has 0 unspecified atom stereocenters. The third kappa shape index (κ3) is 8.50. The van der Waals surface area contributed by atoms with Gasteiger partial charge in [0.2, 0.25) is 0 Å². The number of ether oxygens (including phenoxy) is 1. The molecular weight excluding hydrogens is 471 g/mol. The Morgan fingerprint density at radius 1 is 1.23 bits per heavy atom. The van der Waals surface area contributed by atoms with Gasteiger partial charge in [-0.2, -0.15) is 0 Å². The largest absolute Gasteiger partial charge is 0.379 e. The summed E-state index contributed by atoms with van der Waals surface area (Å²) in [5, 5.41) is 2.73. The second-order valence-corrected chi connectivity index (χ2v) is 8.31. The number of carbonyl (C=O) groups is 1. The molecule has 10 heteroatoms. The molecule has 0 radical (unpaired) electrons. The number of nitrogens with zero attached hydrogens (tertiary/aromatic N) is 1. The highest BCUT2D eigenvalue weighted by molar-refractivity contribution is 6.30. The van der Waals surface area contributed by atoms with Gasteiger partial charge >= 0.3 is 0 Å². The molecule has 0 aliphatic heterocycles. The molecule has 1 aromatic carbocycles. The number of carbonyl (C=O) groups excluding carboxylic acids is 1. The van der Waals surface area contributed by atoms with Gasteiger partial charge in [0.1, 0.15) is 11.6 Å². The minimum absolute atomic E-state index is 0. The van der Waals surface area contributed by atoms with Crippen molar-refractivity contribution in [2.24, 2.45) is 5.73 Å². The lowest BCUT2D eigenvalue weighted by Crippen LogP contribution is -2.42. The number of aromatic nitrogens is 1. The van der Waals surface area contributed by atoms with Crippen LogP contribution >= 0.6 is 36.4 Å². The van der Waals surface area contributed by atoms with Crippen LogP contribution in [0.5, 0.6) is 0 Å². The summed E-state index contributed by atoms with van der Waals surface area (Å²) in [6.07, 6.45) is 1.37. The number of nitrogens with one attached hydrogen (secondary N) is 1. The fourth-order valence-corrected chi connectivity index (χ4v) is 3.11. The molecule has 0 aliphatic rings. The molecule has 31 heavy (non-hydrogen) atoms. The highest BCUT2D eigenvalue weighted by Crippen LogP contribution is 2.22. The highest BCUT2D eigenvalue weighted by Gasteiger charge is 2.25. The molecular formula is C21H28Cl3F2N3O2. The lowest BCUT2D eigenvalue weighted by atomic mass is 9.96. The average Bonchev–Trinajstić information content (AvgIpc) is 2.62. The van der Waals surface area contributed by atoms with Crippen molar-refractivity contribution in [3.63, 3.8) is 0 Å². The summed E-state index contributed by atoms with van der Waals surface area (Å²) >= 11 is 5.75. The monoisotopic (exact) mass is 497 g/mol. The maximum atomic E-state index is 14.1. The van der Waals surface area contributed by atoms with E-state index in [0.717, 1.165) is 6.07 Å². The van der Waals surface area contributed by atoms with Gasteiger partial charge in [0, 0.05) is 37.4 Å². The van der Waals surface area contributed by atoms with Crippen molar-refractivity contribution in [1.82, 2.24) is 10.3 Å². The van der Waals surface area contributed by atoms with Gasteiger partial charge in [0.05, 0.1) is 22.4 Å². The summed E-state index contributed by atoms with van der Waals surface area (Å²) in [6, 6.07) is 4.69. The molecule has 2 aromatic rings. The third-order valence-corrected chi connectivity index (χ3v) is 4.63. The molecule has 3 N–H and O–H groups in total. The van der Waals surface area contributed by atoms with Crippen LogP contribution in [0, 0.1) is 11.6 Å². The Kier molecular flexibility index (Phi) is 11.9. The molecule has 0 fully saturated rings. The zero-order chi connectivity index (χ0) is 21.8. The lowest BCUT2D eigenvalue weighted by molar-refractivity contribution is 0.0787. The average molecular weight is 499 g/mol. The number of pyridine rings is 1. The minimum Gasteiger partial charge on any atom is -0.379 e. The molecule has 0 saturated carbocycles. The molecule has 0 saturated heterocycles. The van der Waals surface area contributed by atoms with E-state index in [9.17, 15) is 13.6 Å². The predicted molar refractivity (Wildman–Crippen MR) is 124 cm³/mol. The van der Waals surface area contributed by atoms with Gasteiger partial charge in [-0.05, 0) is 51.0 Å². The number of methoxy groups -OCH3 is 1. The van der Waals surface area contributed by atoms with Crippen LogP contribution in [0.3, 0.4) is 0 Å². The van der Waals surface area contributed by atoms with Gasteiger partial charge in [0.15, 0.2) is 0 Å². The van der Waals surface area contributed by atoms with Crippen LogP contribution in [0.25, 0.3) is 0 Å². The highest BCUT2D eigenvalue weighted by atomic mass is 35.5. The number of hydrogen-bond donors (Lipinski definition) is 2. The Hall–Kier alpha value is -1.51. The first kappa shape index (κ1) is 29.5. The van der Waals surface area contributed by atoms with Crippen molar-refractivity contribution in [1.29, 1.82) is 0 Å². The van der Waals surface area contributed by atoms with Gasteiger partial charge in [-0.3, -0.25) is 9.78 Å². The Morgan fingerprint density at radius 2 is 1.87 bits per heavy atom. The van der Waals surface area contributed by atoms with Gasteiger partial charge in [0.25, 0.3) is 5.91 Å². The van der Waals surface area contributed by atoms with E-state index in [-0.39, 0.29) is 54.1 Å². The minimum atomic E-state index is -0.826. The van der Waals surface area contributed by atoms with E-state index < -0.39 is 29.3 Å². The smallest absolute Gasteiger partial charge is 0.253 e. The van der Waals surface area contributed by atoms with Crippen molar-refractivity contribution in [2.75, 3.05) is 7.11 Å². The lowest BCUT2D eigenvalue weighted by Gasteiger charge is -2.25. The van der Waals surface area contributed by atoms with Crippen molar-refractivity contribution in [3.8, 4) is 0 Å². The molecule has 2 atom stereocenters. The maximum absolute atomic E-state index is 14.1. The first-order valence-corrected chi connectivity index (χ1v) is 9.58. The van der Waals surface area contributed by atoms with E-state index in [1.54, 1.807) is 18.3 Å². The van der Waals surface area contributed by atoms with Crippen LogP contribution in [0.15, 0.2) is 30.5 Å². The Bertz CT molecular complexity index is 879. The van der Waals surface area contributed by atoms with Crippen molar-refractivity contribution in [2.45, 2.75) is 51.3 Å². The predicted octanol–water partition coefficient (Wildman–Crippen LogP) is 4.51. The molecule has 1 heterocycles. The van der Waals surface area contributed by atoms with Crippen LogP contribution in [-0.2, 0) is 17.6 Å². The fraction of sp³-hybridized carbons (Fsp3) is 0.429. The van der Waals surface area contributed by atoms with Gasteiger partial charge < -0.3 is 15.8 Å². The summed E-state index contributed by atoms with van der Waals surface area (Å²) in [7, 11) is 1.48. The quantitative estimate of drug-likeness (QED) is 0.551. The molecule has 174 valence electrons. The molecule has 2 rings (SSSR count). The summed E-state index contributed by atoms with van der Waals surface area (Å²) in [4.78, 5) is 16.9. The SMILES string of the molecule is CO[C@@H](Cc1ncccc1C(=O)NC(C)(C)C)[C@H](N)Cc1cc(Cl)c(F)cc1F.Cl.Cl. The van der Waals surface area contributed by atoms with E-state index >= 15 is 0 Å². The van der Waals surface area contributed by atoms with Crippen LogP contribution in [0.2, 0.25) is 5.02 Å².